The van der Waals surface area contributed by atoms with Crippen LogP contribution in [0.3, 0.4) is 0 Å². The van der Waals surface area contributed by atoms with Crippen LogP contribution in [0.15, 0.2) is 24.3 Å². The molecule has 24 heavy (non-hydrogen) atoms. The molecule has 1 aromatic carbocycles. The second-order valence-corrected chi connectivity index (χ2v) is 10.1. The summed E-state index contributed by atoms with van der Waals surface area (Å²) >= 11 is 1.64. The van der Waals surface area contributed by atoms with E-state index < -0.39 is 15.4 Å². The predicted molar refractivity (Wildman–Crippen MR) is 94.9 cm³/mol. The summed E-state index contributed by atoms with van der Waals surface area (Å²) in [6, 6.07) is 7.98. The lowest BCUT2D eigenvalue weighted by molar-refractivity contribution is -0.885. The number of carbonyl (C=O) groups is 1. The minimum absolute atomic E-state index is 0.0304. The monoisotopic (exact) mass is 368 g/mol. The molecule has 0 bridgehead atoms. The van der Waals surface area contributed by atoms with Crippen LogP contribution >= 0.6 is 11.3 Å². The highest BCUT2D eigenvalue weighted by Crippen LogP contribution is 2.22. The summed E-state index contributed by atoms with van der Waals surface area (Å²) in [7, 11) is -1.08. The van der Waals surface area contributed by atoms with Crippen molar-refractivity contribution in [2.24, 2.45) is 0 Å². The number of hydrogen-bond acceptors (Lipinski definition) is 5. The average Bonchev–Trinajstić information content (AvgIpc) is 2.97. The van der Waals surface area contributed by atoms with Crippen molar-refractivity contribution in [2.75, 3.05) is 25.1 Å². The maximum Gasteiger partial charge on any atom is 0.275 e. The third-order valence-corrected chi connectivity index (χ3v) is 7.14. The van der Waals surface area contributed by atoms with E-state index in [9.17, 15) is 13.2 Å². The van der Waals surface area contributed by atoms with Crippen LogP contribution in [0.2, 0.25) is 0 Å². The summed E-state index contributed by atoms with van der Waals surface area (Å²) in [6.45, 7) is 2.77. The topological polar surface area (TPSA) is 80.6 Å². The fourth-order valence-electron chi connectivity index (χ4n) is 3.08. The standard InChI is InChI=1S/C16H21N3O3S2/c1-16(7-8-24(21,22)11-16)18-14(20)9-19(2)10-15-17-12-5-3-4-6-13(12)23-15/h3-6H,7-11H2,1-2H3,(H,18,20)/p+1/t16-/m1/s1. The molecule has 0 saturated carbocycles. The second-order valence-electron chi connectivity index (χ2n) is 6.84. The number of fused-ring (bicyclic) bond motifs is 1. The molecule has 130 valence electrons. The van der Waals surface area contributed by atoms with E-state index in [0.29, 0.717) is 19.5 Å². The highest BCUT2D eigenvalue weighted by molar-refractivity contribution is 7.91. The normalized spacial score (nSPS) is 24.1. The Balaban J connectivity index is 1.56. The molecule has 1 unspecified atom stereocenters. The summed E-state index contributed by atoms with van der Waals surface area (Å²) in [5, 5.41) is 3.89. The van der Waals surface area contributed by atoms with Crippen LogP contribution in [0.5, 0.6) is 0 Å². The van der Waals surface area contributed by atoms with E-state index in [0.717, 1.165) is 20.1 Å². The highest BCUT2D eigenvalue weighted by atomic mass is 32.2. The fraction of sp³-hybridized carbons (Fsp3) is 0.500. The molecule has 1 aromatic heterocycles. The molecule has 2 N–H and O–H groups in total. The summed E-state index contributed by atoms with van der Waals surface area (Å²) in [5.41, 5.74) is 0.352. The van der Waals surface area contributed by atoms with Crippen molar-refractivity contribution in [3.05, 3.63) is 29.3 Å². The van der Waals surface area contributed by atoms with Gasteiger partial charge in [0.2, 0.25) is 0 Å². The Morgan fingerprint density at radius 1 is 1.42 bits per heavy atom. The van der Waals surface area contributed by atoms with Crippen LogP contribution in [0.4, 0.5) is 0 Å². The molecule has 1 saturated heterocycles. The van der Waals surface area contributed by atoms with Crippen molar-refractivity contribution in [1.82, 2.24) is 10.3 Å². The SMILES string of the molecule is C[NH+](CC(=O)N[C@]1(C)CCS(=O)(=O)C1)Cc1nc2ccccc2s1. The van der Waals surface area contributed by atoms with E-state index in [2.05, 4.69) is 10.3 Å². The average molecular weight is 369 g/mol. The number of thiazole rings is 1. The predicted octanol–water partition coefficient (Wildman–Crippen LogP) is 0.00440. The first-order valence-electron chi connectivity index (χ1n) is 7.92. The summed E-state index contributed by atoms with van der Waals surface area (Å²) in [4.78, 5) is 17.9. The molecular weight excluding hydrogens is 346 g/mol. The van der Waals surface area contributed by atoms with Crippen LogP contribution in [0.25, 0.3) is 10.2 Å². The van der Waals surface area contributed by atoms with Gasteiger partial charge >= 0.3 is 0 Å². The maximum absolute atomic E-state index is 12.2. The van der Waals surface area contributed by atoms with E-state index in [1.54, 1.807) is 18.3 Å². The van der Waals surface area contributed by atoms with Crippen LogP contribution in [0, 0.1) is 0 Å². The van der Waals surface area contributed by atoms with Gasteiger partial charge < -0.3 is 10.2 Å². The molecule has 2 aromatic rings. The van der Waals surface area contributed by atoms with Crippen molar-refractivity contribution < 1.29 is 18.1 Å². The van der Waals surface area contributed by atoms with E-state index in [1.807, 2.05) is 31.3 Å². The number of carbonyl (C=O) groups excluding carboxylic acids is 1. The van der Waals surface area contributed by atoms with Crippen molar-refractivity contribution in [3.8, 4) is 0 Å². The second kappa shape index (κ2) is 6.42. The third kappa shape index (κ3) is 4.12. The van der Waals surface area contributed by atoms with Gasteiger partial charge in [-0.05, 0) is 25.5 Å². The van der Waals surface area contributed by atoms with Gasteiger partial charge in [-0.25, -0.2) is 13.4 Å². The van der Waals surface area contributed by atoms with Crippen LogP contribution in [-0.4, -0.2) is 49.9 Å². The Morgan fingerprint density at radius 3 is 2.83 bits per heavy atom. The number of likely N-dealkylation sites (N-methyl/N-ethyl adjacent to an activating group) is 1. The number of amides is 1. The molecule has 3 rings (SSSR count). The molecule has 8 heteroatoms. The highest BCUT2D eigenvalue weighted by Gasteiger charge is 2.39. The molecular formula is C16H22N3O3S2+. The van der Waals surface area contributed by atoms with E-state index in [4.69, 9.17) is 0 Å². The third-order valence-electron chi connectivity index (χ3n) is 4.20. The summed E-state index contributed by atoms with van der Waals surface area (Å²) < 4.78 is 24.4. The molecule has 2 atom stereocenters. The fourth-order valence-corrected chi connectivity index (χ4v) is 6.25. The largest absolute Gasteiger partial charge is 0.345 e. The molecule has 6 nitrogen and oxygen atoms in total. The molecule has 0 radical (unpaired) electrons. The van der Waals surface area contributed by atoms with Gasteiger partial charge in [0.1, 0.15) is 11.6 Å². The van der Waals surface area contributed by atoms with Gasteiger partial charge in [-0.1, -0.05) is 12.1 Å². The van der Waals surface area contributed by atoms with E-state index >= 15 is 0 Å². The van der Waals surface area contributed by atoms with Crippen molar-refractivity contribution in [2.45, 2.75) is 25.4 Å². The molecule has 1 fully saturated rings. The first kappa shape index (κ1) is 17.3. The quantitative estimate of drug-likeness (QED) is 0.779. The van der Waals surface area contributed by atoms with Gasteiger partial charge in [0.15, 0.2) is 16.4 Å². The van der Waals surface area contributed by atoms with Crippen molar-refractivity contribution >= 4 is 37.3 Å². The van der Waals surface area contributed by atoms with Crippen molar-refractivity contribution in [3.63, 3.8) is 0 Å². The summed E-state index contributed by atoms with van der Waals surface area (Å²) in [6.07, 6.45) is 0.484. The van der Waals surface area contributed by atoms with Gasteiger partial charge in [-0.2, -0.15) is 0 Å². The molecule has 1 aliphatic rings. The number of nitrogens with zero attached hydrogens (tertiary/aromatic N) is 1. The number of benzene rings is 1. The number of para-hydroxylation sites is 1. The number of aromatic nitrogens is 1. The molecule has 0 spiro atoms. The zero-order chi connectivity index (χ0) is 17.4. The van der Waals surface area contributed by atoms with Crippen LogP contribution < -0.4 is 10.2 Å². The maximum atomic E-state index is 12.2. The Morgan fingerprint density at radius 2 is 2.17 bits per heavy atom. The van der Waals surface area contributed by atoms with Gasteiger partial charge in [0.05, 0.1) is 34.3 Å². The molecule has 2 heterocycles. The summed E-state index contributed by atoms with van der Waals surface area (Å²) in [5.74, 6) is 0.0640. The minimum atomic E-state index is -3.02. The Hall–Kier alpha value is -1.51. The zero-order valence-electron chi connectivity index (χ0n) is 13.8. The van der Waals surface area contributed by atoms with Gasteiger partial charge in [-0.3, -0.25) is 4.79 Å². The zero-order valence-corrected chi connectivity index (χ0v) is 15.5. The number of sulfone groups is 1. The molecule has 1 aliphatic heterocycles. The van der Waals surface area contributed by atoms with Gasteiger partial charge in [0, 0.05) is 0 Å². The Kier molecular flexibility index (Phi) is 4.63. The first-order chi connectivity index (χ1) is 11.2. The number of quaternary nitrogens is 1. The van der Waals surface area contributed by atoms with E-state index in [1.165, 1.54) is 0 Å². The van der Waals surface area contributed by atoms with Gasteiger partial charge in [-0.15, -0.1) is 11.3 Å². The Bertz CT molecular complexity index is 829. The van der Waals surface area contributed by atoms with Crippen LogP contribution in [-0.2, 0) is 21.2 Å². The smallest absolute Gasteiger partial charge is 0.275 e. The van der Waals surface area contributed by atoms with E-state index in [-0.39, 0.29) is 17.4 Å². The van der Waals surface area contributed by atoms with Gasteiger partial charge in [0.25, 0.3) is 5.91 Å². The lowest BCUT2D eigenvalue weighted by atomic mass is 10.0. The number of nitrogens with one attached hydrogen (secondary N) is 2. The Labute approximate surface area is 145 Å². The lowest BCUT2D eigenvalue weighted by Gasteiger charge is -2.24. The molecule has 1 amide bonds. The lowest BCUT2D eigenvalue weighted by Crippen LogP contribution is -3.09. The van der Waals surface area contributed by atoms with Crippen molar-refractivity contribution in [1.29, 1.82) is 0 Å². The van der Waals surface area contributed by atoms with Crippen LogP contribution in [0.1, 0.15) is 18.4 Å². The number of hydrogen-bond donors (Lipinski definition) is 2. The number of rotatable bonds is 5. The first-order valence-corrected chi connectivity index (χ1v) is 10.6. The molecule has 0 aliphatic carbocycles. The minimum Gasteiger partial charge on any atom is -0.345 e.